The van der Waals surface area contributed by atoms with Crippen LogP contribution >= 0.6 is 0 Å². The van der Waals surface area contributed by atoms with E-state index in [1.54, 1.807) is 38.6 Å². The van der Waals surface area contributed by atoms with Crippen molar-refractivity contribution in [2.75, 3.05) is 43.0 Å². The number of nitrogens with one attached hydrogen (secondary N) is 2. The maximum Gasteiger partial charge on any atom is 0.269 e. The number of hydrazone groups is 1. The van der Waals surface area contributed by atoms with Crippen molar-refractivity contribution >= 4 is 35.4 Å². The Labute approximate surface area is 222 Å². The van der Waals surface area contributed by atoms with Gasteiger partial charge in [0.05, 0.1) is 25.4 Å². The minimum atomic E-state index is -0.442. The SMILES string of the molecule is CCCCN(CCCC)c1nc(N/N=C\c2ccc(OC)c(OC)c2)nc(Nc2ccc([N+](=O)[O-])cc2)n1. The molecule has 0 radical (unpaired) electrons. The molecular weight excluding hydrogens is 488 g/mol. The molecule has 0 aliphatic rings. The normalized spacial score (nSPS) is 10.8. The van der Waals surface area contributed by atoms with E-state index >= 15 is 0 Å². The number of nitro benzene ring substituents is 1. The second-order valence-electron chi connectivity index (χ2n) is 8.39. The van der Waals surface area contributed by atoms with Gasteiger partial charge in [0.25, 0.3) is 5.69 Å². The number of nitro groups is 1. The van der Waals surface area contributed by atoms with Crippen LogP contribution in [0.3, 0.4) is 0 Å². The van der Waals surface area contributed by atoms with Crippen molar-refractivity contribution in [1.82, 2.24) is 15.0 Å². The fraction of sp³-hybridized carbons (Fsp3) is 0.385. The molecule has 202 valence electrons. The maximum atomic E-state index is 11.0. The van der Waals surface area contributed by atoms with Gasteiger partial charge in [-0.2, -0.15) is 20.1 Å². The van der Waals surface area contributed by atoms with E-state index in [0.717, 1.165) is 44.3 Å². The third kappa shape index (κ3) is 8.02. The largest absolute Gasteiger partial charge is 0.493 e. The average Bonchev–Trinajstić information content (AvgIpc) is 2.93. The van der Waals surface area contributed by atoms with Crippen molar-refractivity contribution in [2.45, 2.75) is 39.5 Å². The van der Waals surface area contributed by atoms with Crippen LogP contribution in [-0.4, -0.2) is 53.4 Å². The Kier molecular flexibility index (Phi) is 10.6. The molecule has 1 heterocycles. The fourth-order valence-corrected chi connectivity index (χ4v) is 3.52. The van der Waals surface area contributed by atoms with Gasteiger partial charge in [-0.3, -0.25) is 10.1 Å². The number of rotatable bonds is 15. The van der Waals surface area contributed by atoms with Gasteiger partial charge in [0.1, 0.15) is 0 Å². The predicted octanol–water partition coefficient (Wildman–Crippen LogP) is 5.39. The van der Waals surface area contributed by atoms with Crippen molar-refractivity contribution in [2.24, 2.45) is 5.10 Å². The van der Waals surface area contributed by atoms with Gasteiger partial charge < -0.3 is 19.7 Å². The van der Waals surface area contributed by atoms with E-state index in [-0.39, 0.29) is 11.6 Å². The Hall–Kier alpha value is -4.48. The van der Waals surface area contributed by atoms with Crippen molar-refractivity contribution < 1.29 is 14.4 Å². The molecule has 0 aliphatic carbocycles. The molecule has 0 aliphatic heterocycles. The molecule has 3 aromatic rings. The molecule has 0 atom stereocenters. The van der Waals surface area contributed by atoms with Crippen LogP contribution in [0.1, 0.15) is 45.1 Å². The summed E-state index contributed by atoms with van der Waals surface area (Å²) in [5, 5.41) is 18.4. The van der Waals surface area contributed by atoms with Crippen LogP contribution in [-0.2, 0) is 0 Å². The zero-order valence-electron chi connectivity index (χ0n) is 22.2. The lowest BCUT2D eigenvalue weighted by atomic mass is 10.2. The third-order valence-corrected chi connectivity index (χ3v) is 5.59. The Bertz CT molecular complexity index is 1210. The van der Waals surface area contributed by atoms with Gasteiger partial charge in [-0.15, -0.1) is 0 Å². The van der Waals surface area contributed by atoms with Gasteiger partial charge in [-0.05, 0) is 48.7 Å². The second kappa shape index (κ2) is 14.3. The number of hydrogen-bond acceptors (Lipinski definition) is 11. The van der Waals surface area contributed by atoms with Crippen molar-refractivity contribution in [3.8, 4) is 11.5 Å². The van der Waals surface area contributed by atoms with Crippen molar-refractivity contribution in [3.63, 3.8) is 0 Å². The molecule has 0 fully saturated rings. The number of anilines is 4. The van der Waals surface area contributed by atoms with Crippen LogP contribution in [0.5, 0.6) is 11.5 Å². The molecular formula is C26H34N8O4. The average molecular weight is 523 g/mol. The molecule has 3 rings (SSSR count). The van der Waals surface area contributed by atoms with Gasteiger partial charge in [0.2, 0.25) is 17.8 Å². The second-order valence-corrected chi connectivity index (χ2v) is 8.39. The van der Waals surface area contributed by atoms with Crippen LogP contribution < -0.4 is 25.1 Å². The number of ether oxygens (including phenoxy) is 2. The van der Waals surface area contributed by atoms with Crippen LogP contribution in [0.15, 0.2) is 47.6 Å². The molecule has 0 bridgehead atoms. The molecule has 2 aromatic carbocycles. The molecule has 12 nitrogen and oxygen atoms in total. The van der Waals surface area contributed by atoms with Crippen molar-refractivity contribution in [3.05, 3.63) is 58.1 Å². The highest BCUT2D eigenvalue weighted by Gasteiger charge is 2.14. The van der Waals surface area contributed by atoms with E-state index in [9.17, 15) is 10.1 Å². The zero-order valence-corrected chi connectivity index (χ0v) is 22.2. The minimum Gasteiger partial charge on any atom is -0.493 e. The highest BCUT2D eigenvalue weighted by Crippen LogP contribution is 2.27. The molecule has 0 amide bonds. The van der Waals surface area contributed by atoms with Crippen LogP contribution in [0.2, 0.25) is 0 Å². The number of benzene rings is 2. The summed E-state index contributed by atoms with van der Waals surface area (Å²) in [6.45, 7) is 5.91. The number of hydrogen-bond donors (Lipinski definition) is 2. The summed E-state index contributed by atoms with van der Waals surface area (Å²) < 4.78 is 10.6. The van der Waals surface area contributed by atoms with E-state index < -0.39 is 4.92 Å². The number of non-ortho nitro benzene ring substituents is 1. The molecule has 38 heavy (non-hydrogen) atoms. The van der Waals surface area contributed by atoms with Crippen LogP contribution in [0.4, 0.5) is 29.2 Å². The molecule has 0 unspecified atom stereocenters. The first-order chi connectivity index (χ1) is 18.5. The smallest absolute Gasteiger partial charge is 0.269 e. The number of methoxy groups -OCH3 is 2. The zero-order chi connectivity index (χ0) is 27.3. The summed E-state index contributed by atoms with van der Waals surface area (Å²) in [5.74, 6) is 2.30. The van der Waals surface area contributed by atoms with E-state index in [4.69, 9.17) is 9.47 Å². The minimum absolute atomic E-state index is 0.00375. The lowest BCUT2D eigenvalue weighted by molar-refractivity contribution is -0.384. The van der Waals surface area contributed by atoms with E-state index in [0.29, 0.717) is 29.1 Å². The quantitative estimate of drug-likeness (QED) is 0.152. The standard InChI is InChI=1S/C26H34N8O4/c1-5-7-15-33(16-8-6-2)26-30-24(28-20-10-12-21(13-11-20)34(35)36)29-25(31-26)32-27-18-19-9-14-22(37-3)23(17-19)38-4/h9-14,17-18H,5-8,15-16H2,1-4H3,(H2,28,29,30,31,32)/b27-18-. The highest BCUT2D eigenvalue weighted by molar-refractivity contribution is 5.81. The highest BCUT2D eigenvalue weighted by atomic mass is 16.6. The molecule has 0 saturated carbocycles. The molecule has 0 spiro atoms. The maximum absolute atomic E-state index is 11.0. The van der Waals surface area contributed by atoms with Gasteiger partial charge in [0.15, 0.2) is 11.5 Å². The summed E-state index contributed by atoms with van der Waals surface area (Å²) in [4.78, 5) is 26.4. The molecule has 0 saturated heterocycles. The number of unbranched alkanes of at least 4 members (excludes halogenated alkanes) is 2. The summed E-state index contributed by atoms with van der Waals surface area (Å²) in [6.07, 6.45) is 5.72. The van der Waals surface area contributed by atoms with E-state index in [1.807, 2.05) is 12.1 Å². The fourth-order valence-electron chi connectivity index (χ4n) is 3.52. The van der Waals surface area contributed by atoms with Gasteiger partial charge in [-0.1, -0.05) is 26.7 Å². The number of nitrogens with zero attached hydrogens (tertiary/aromatic N) is 6. The lowest BCUT2D eigenvalue weighted by Gasteiger charge is -2.23. The molecule has 2 N–H and O–H groups in total. The van der Waals surface area contributed by atoms with Crippen LogP contribution in [0, 0.1) is 10.1 Å². The Morgan fingerprint density at radius 1 is 0.947 bits per heavy atom. The van der Waals surface area contributed by atoms with Gasteiger partial charge in [-0.25, -0.2) is 5.43 Å². The summed E-state index contributed by atoms with van der Waals surface area (Å²) in [5.41, 5.74) is 4.30. The predicted molar refractivity (Wildman–Crippen MR) is 149 cm³/mol. The van der Waals surface area contributed by atoms with E-state index in [2.05, 4.69) is 49.5 Å². The summed E-state index contributed by atoms with van der Waals surface area (Å²) >= 11 is 0. The Morgan fingerprint density at radius 3 is 2.21 bits per heavy atom. The first-order valence-electron chi connectivity index (χ1n) is 12.5. The Morgan fingerprint density at radius 2 is 1.61 bits per heavy atom. The van der Waals surface area contributed by atoms with Crippen molar-refractivity contribution in [1.29, 1.82) is 0 Å². The molecule has 12 heteroatoms. The van der Waals surface area contributed by atoms with Gasteiger partial charge >= 0.3 is 0 Å². The summed E-state index contributed by atoms with van der Waals surface area (Å²) in [6, 6.07) is 11.5. The Balaban J connectivity index is 1.88. The monoisotopic (exact) mass is 522 g/mol. The topological polar surface area (TPSA) is 140 Å². The first kappa shape index (κ1) is 28.1. The van der Waals surface area contributed by atoms with E-state index in [1.165, 1.54) is 12.1 Å². The third-order valence-electron chi connectivity index (χ3n) is 5.59. The van der Waals surface area contributed by atoms with Crippen LogP contribution in [0.25, 0.3) is 0 Å². The number of aromatic nitrogens is 3. The first-order valence-corrected chi connectivity index (χ1v) is 12.5. The van der Waals surface area contributed by atoms with Gasteiger partial charge in [0, 0.05) is 30.9 Å². The summed E-state index contributed by atoms with van der Waals surface area (Å²) in [7, 11) is 3.16. The molecule has 1 aromatic heterocycles. The lowest BCUT2D eigenvalue weighted by Crippen LogP contribution is -2.28.